The van der Waals surface area contributed by atoms with E-state index in [0.29, 0.717) is 23.7 Å². The number of urea groups is 1. The number of carbonyl (C=O) groups is 1. The summed E-state index contributed by atoms with van der Waals surface area (Å²) in [5.41, 5.74) is 1.69. The summed E-state index contributed by atoms with van der Waals surface area (Å²) in [7, 11) is 0. The monoisotopic (exact) mass is 336 g/mol. The first-order valence-electron chi connectivity index (χ1n) is 7.56. The van der Waals surface area contributed by atoms with E-state index in [0.717, 1.165) is 12.0 Å². The van der Waals surface area contributed by atoms with Crippen LogP contribution in [0.1, 0.15) is 25.3 Å². The largest absolute Gasteiger partial charge is 0.396 e. The van der Waals surface area contributed by atoms with E-state index >= 15 is 0 Å². The Morgan fingerprint density at radius 1 is 1.39 bits per heavy atom. The molecule has 1 aromatic heterocycles. The highest BCUT2D eigenvalue weighted by molar-refractivity contribution is 6.30. The molecule has 124 valence electrons. The molecule has 0 saturated heterocycles. The van der Waals surface area contributed by atoms with Crippen LogP contribution in [0.3, 0.4) is 0 Å². The zero-order chi connectivity index (χ0) is 16.7. The molecular weight excluding hydrogens is 316 g/mol. The molecule has 0 saturated carbocycles. The number of aliphatic hydroxyl groups excluding tert-OH is 1. The number of hydrogen-bond acceptors (Lipinski definition) is 3. The highest BCUT2D eigenvalue weighted by atomic mass is 35.5. The van der Waals surface area contributed by atoms with E-state index in [4.69, 9.17) is 16.7 Å². The van der Waals surface area contributed by atoms with Crippen LogP contribution in [-0.4, -0.2) is 33.6 Å². The standard InChI is InChI=1S/C16H21ClN4O2/c1-2-14(7-8-22)19-16(23)20-15-9-18-21(11-15)10-12-3-5-13(17)6-4-12/h3-6,9,11,14,22H,2,7-8,10H2,1H3,(H2,19,20,23). The maximum atomic E-state index is 11.9. The molecular formula is C16H21ClN4O2. The van der Waals surface area contributed by atoms with E-state index in [1.165, 1.54) is 0 Å². The Labute approximate surface area is 140 Å². The van der Waals surface area contributed by atoms with Crippen LogP contribution in [0.5, 0.6) is 0 Å². The molecule has 2 aromatic rings. The van der Waals surface area contributed by atoms with Crippen molar-refractivity contribution >= 4 is 23.3 Å². The van der Waals surface area contributed by atoms with Gasteiger partial charge in [0.15, 0.2) is 0 Å². The van der Waals surface area contributed by atoms with E-state index in [2.05, 4.69) is 15.7 Å². The molecule has 6 nitrogen and oxygen atoms in total. The van der Waals surface area contributed by atoms with Crippen LogP contribution in [0.4, 0.5) is 10.5 Å². The maximum absolute atomic E-state index is 11.9. The van der Waals surface area contributed by atoms with Crippen LogP contribution in [-0.2, 0) is 6.54 Å². The van der Waals surface area contributed by atoms with Crippen LogP contribution in [0.25, 0.3) is 0 Å². The number of rotatable bonds is 7. The molecule has 7 heteroatoms. The van der Waals surface area contributed by atoms with E-state index in [-0.39, 0.29) is 18.7 Å². The van der Waals surface area contributed by atoms with Gasteiger partial charge in [-0.2, -0.15) is 5.10 Å². The summed E-state index contributed by atoms with van der Waals surface area (Å²) < 4.78 is 1.74. The Hall–Kier alpha value is -2.05. The quantitative estimate of drug-likeness (QED) is 0.727. The third-order valence-corrected chi connectivity index (χ3v) is 3.71. The lowest BCUT2D eigenvalue weighted by molar-refractivity contribution is 0.237. The number of hydrogen-bond donors (Lipinski definition) is 3. The van der Waals surface area contributed by atoms with E-state index in [1.807, 2.05) is 31.2 Å². The molecule has 1 atom stereocenters. The fraction of sp³-hybridized carbons (Fsp3) is 0.375. The van der Waals surface area contributed by atoms with Gasteiger partial charge >= 0.3 is 6.03 Å². The lowest BCUT2D eigenvalue weighted by Gasteiger charge is -2.15. The van der Waals surface area contributed by atoms with Crippen molar-refractivity contribution in [2.24, 2.45) is 0 Å². The first-order chi connectivity index (χ1) is 11.1. The molecule has 0 aliphatic rings. The first-order valence-corrected chi connectivity index (χ1v) is 7.93. The molecule has 2 rings (SSSR count). The summed E-state index contributed by atoms with van der Waals surface area (Å²) >= 11 is 5.86. The number of aromatic nitrogens is 2. The average molecular weight is 337 g/mol. The van der Waals surface area contributed by atoms with Crippen molar-refractivity contribution in [3.63, 3.8) is 0 Å². The highest BCUT2D eigenvalue weighted by Gasteiger charge is 2.10. The van der Waals surface area contributed by atoms with Crippen LogP contribution in [0, 0.1) is 0 Å². The van der Waals surface area contributed by atoms with Crippen LogP contribution in [0.2, 0.25) is 5.02 Å². The zero-order valence-electron chi connectivity index (χ0n) is 13.0. The molecule has 0 aliphatic carbocycles. The molecule has 1 unspecified atom stereocenters. The van der Waals surface area contributed by atoms with Gasteiger partial charge in [-0.25, -0.2) is 4.79 Å². The van der Waals surface area contributed by atoms with Gasteiger partial charge in [-0.1, -0.05) is 30.7 Å². The van der Waals surface area contributed by atoms with E-state index < -0.39 is 0 Å². The van der Waals surface area contributed by atoms with Crippen molar-refractivity contribution in [1.82, 2.24) is 15.1 Å². The van der Waals surface area contributed by atoms with Gasteiger partial charge < -0.3 is 15.7 Å². The van der Waals surface area contributed by atoms with Crippen molar-refractivity contribution in [3.05, 3.63) is 47.2 Å². The Morgan fingerprint density at radius 3 is 2.78 bits per heavy atom. The first kappa shape index (κ1) is 17.3. The highest BCUT2D eigenvalue weighted by Crippen LogP contribution is 2.12. The molecule has 0 aliphatic heterocycles. The van der Waals surface area contributed by atoms with Crippen LogP contribution >= 0.6 is 11.6 Å². The van der Waals surface area contributed by atoms with E-state index in [9.17, 15) is 4.79 Å². The SMILES string of the molecule is CCC(CCO)NC(=O)Nc1cnn(Cc2ccc(Cl)cc2)c1. The second kappa shape index (κ2) is 8.55. The minimum Gasteiger partial charge on any atom is -0.396 e. The van der Waals surface area contributed by atoms with Crippen molar-refractivity contribution < 1.29 is 9.90 Å². The lowest BCUT2D eigenvalue weighted by Crippen LogP contribution is -2.38. The number of halogens is 1. The minimum atomic E-state index is -0.295. The third kappa shape index (κ3) is 5.58. The molecule has 23 heavy (non-hydrogen) atoms. The fourth-order valence-electron chi connectivity index (χ4n) is 2.18. The summed E-state index contributed by atoms with van der Waals surface area (Å²) in [4.78, 5) is 11.9. The summed E-state index contributed by atoms with van der Waals surface area (Å²) in [5.74, 6) is 0. The van der Waals surface area contributed by atoms with Crippen molar-refractivity contribution in [3.8, 4) is 0 Å². The van der Waals surface area contributed by atoms with Crippen LogP contribution in [0.15, 0.2) is 36.7 Å². The summed E-state index contributed by atoms with van der Waals surface area (Å²) in [5, 5.41) is 19.4. The van der Waals surface area contributed by atoms with Gasteiger partial charge in [-0.3, -0.25) is 4.68 Å². The number of benzene rings is 1. The Balaban J connectivity index is 1.89. The Kier molecular flexibility index (Phi) is 6.43. The van der Waals surface area contributed by atoms with Crippen LogP contribution < -0.4 is 10.6 Å². The number of anilines is 1. The van der Waals surface area contributed by atoms with Gasteiger partial charge in [0.2, 0.25) is 0 Å². The van der Waals surface area contributed by atoms with Gasteiger partial charge in [0.1, 0.15) is 0 Å². The molecule has 3 N–H and O–H groups in total. The number of nitrogens with zero attached hydrogens (tertiary/aromatic N) is 2. The van der Waals surface area contributed by atoms with Crippen molar-refractivity contribution in [1.29, 1.82) is 0 Å². The molecule has 0 fully saturated rings. The van der Waals surface area contributed by atoms with Gasteiger partial charge in [-0.15, -0.1) is 0 Å². The zero-order valence-corrected chi connectivity index (χ0v) is 13.8. The predicted octanol–water partition coefficient (Wildman–Crippen LogP) is 2.87. The van der Waals surface area contributed by atoms with Crippen molar-refractivity contribution in [2.75, 3.05) is 11.9 Å². The second-order valence-corrected chi connectivity index (χ2v) is 5.71. The van der Waals surface area contributed by atoms with E-state index in [1.54, 1.807) is 17.1 Å². The summed E-state index contributed by atoms with van der Waals surface area (Å²) in [6.07, 6.45) is 4.67. The fourth-order valence-corrected chi connectivity index (χ4v) is 2.30. The Morgan fingerprint density at radius 2 is 2.13 bits per heavy atom. The number of amides is 2. The number of aliphatic hydroxyl groups is 1. The molecule has 2 amide bonds. The van der Waals surface area contributed by atoms with Gasteiger partial charge in [0.05, 0.1) is 18.4 Å². The molecule has 1 heterocycles. The number of carbonyl (C=O) groups excluding carboxylic acids is 1. The third-order valence-electron chi connectivity index (χ3n) is 3.45. The minimum absolute atomic E-state index is 0.0379. The topological polar surface area (TPSA) is 79.2 Å². The van der Waals surface area contributed by atoms with Crippen molar-refractivity contribution in [2.45, 2.75) is 32.4 Å². The van der Waals surface area contributed by atoms with Gasteiger partial charge in [-0.05, 0) is 30.5 Å². The van der Waals surface area contributed by atoms with Gasteiger partial charge in [0.25, 0.3) is 0 Å². The molecule has 0 radical (unpaired) electrons. The predicted molar refractivity (Wildman–Crippen MR) is 90.7 cm³/mol. The molecule has 1 aromatic carbocycles. The Bertz CT molecular complexity index is 627. The van der Waals surface area contributed by atoms with Gasteiger partial charge in [0, 0.05) is 23.9 Å². The normalized spacial score (nSPS) is 12.0. The smallest absolute Gasteiger partial charge is 0.319 e. The summed E-state index contributed by atoms with van der Waals surface area (Å²) in [6, 6.07) is 7.20. The summed E-state index contributed by atoms with van der Waals surface area (Å²) in [6.45, 7) is 2.62. The molecule has 0 bridgehead atoms. The lowest BCUT2D eigenvalue weighted by atomic mass is 10.2. The number of nitrogens with one attached hydrogen (secondary N) is 2. The second-order valence-electron chi connectivity index (χ2n) is 5.27. The molecule has 0 spiro atoms. The average Bonchev–Trinajstić information content (AvgIpc) is 2.96. The maximum Gasteiger partial charge on any atom is 0.319 e.